The Hall–Kier alpha value is -1.79. The number of halogens is 6. The highest BCUT2D eigenvalue weighted by molar-refractivity contribution is 5.87. The monoisotopic (exact) mass is 357 g/mol. The fourth-order valence-electron chi connectivity index (χ4n) is 2.88. The molecule has 0 aromatic heterocycles. The maximum Gasteiger partial charge on any atom is 0.422 e. The predicted octanol–water partition coefficient (Wildman–Crippen LogP) is 3.73. The maximum atomic E-state index is 13.4. The minimum Gasteiger partial charge on any atom is -0.333 e. The standard InChI is InChI=1S/C14H17F6N3O/c1-8(22)10(7-21)12(13(15,16)17,14(18,19)20)23-11(24)9-5-3-2-4-6-9/h9-10,22H,2-6H2,1H3,(H,23,24). The summed E-state index contributed by atoms with van der Waals surface area (Å²) in [5.41, 5.74) is -5.93. The van der Waals surface area contributed by atoms with Gasteiger partial charge in [0.05, 0.1) is 6.07 Å². The molecule has 1 amide bonds. The second kappa shape index (κ2) is 6.99. The topological polar surface area (TPSA) is 76.7 Å². The van der Waals surface area contributed by atoms with E-state index >= 15 is 0 Å². The van der Waals surface area contributed by atoms with Crippen LogP contribution in [0.15, 0.2) is 0 Å². The van der Waals surface area contributed by atoms with Crippen molar-refractivity contribution in [3.8, 4) is 6.07 Å². The number of hydrogen-bond donors (Lipinski definition) is 2. The van der Waals surface area contributed by atoms with Crippen LogP contribution in [0.1, 0.15) is 39.0 Å². The quantitative estimate of drug-likeness (QED) is 0.594. The van der Waals surface area contributed by atoms with E-state index < -0.39 is 41.3 Å². The van der Waals surface area contributed by atoms with Crippen molar-refractivity contribution < 1.29 is 31.1 Å². The number of carbonyl (C=O) groups excluding carboxylic acids is 1. The Bertz CT molecular complexity index is 514. The Balaban J connectivity index is 3.38. The first-order valence-corrected chi connectivity index (χ1v) is 7.28. The van der Waals surface area contributed by atoms with Crippen LogP contribution in [-0.4, -0.2) is 29.5 Å². The zero-order valence-corrected chi connectivity index (χ0v) is 12.8. The van der Waals surface area contributed by atoms with Gasteiger partial charge in [-0.15, -0.1) is 0 Å². The second-order valence-corrected chi connectivity index (χ2v) is 5.87. The summed E-state index contributed by atoms with van der Waals surface area (Å²) in [5, 5.41) is 17.1. The summed E-state index contributed by atoms with van der Waals surface area (Å²) in [6, 6.07) is 0.885. The number of nitrogens with zero attached hydrogens (tertiary/aromatic N) is 1. The van der Waals surface area contributed by atoms with Crippen LogP contribution in [0.5, 0.6) is 0 Å². The molecule has 1 saturated carbocycles. The third-order valence-electron chi connectivity index (χ3n) is 4.19. The van der Waals surface area contributed by atoms with Crippen LogP contribution in [0.3, 0.4) is 0 Å². The van der Waals surface area contributed by atoms with Crippen LogP contribution >= 0.6 is 0 Å². The van der Waals surface area contributed by atoms with Crippen LogP contribution in [0.4, 0.5) is 26.3 Å². The highest BCUT2D eigenvalue weighted by Crippen LogP contribution is 2.48. The van der Waals surface area contributed by atoms with E-state index in [9.17, 15) is 31.1 Å². The summed E-state index contributed by atoms with van der Waals surface area (Å²) < 4.78 is 80.5. The van der Waals surface area contributed by atoms with Crippen molar-refractivity contribution in [3.63, 3.8) is 0 Å². The Morgan fingerprint density at radius 3 is 1.92 bits per heavy atom. The summed E-state index contributed by atoms with van der Waals surface area (Å²) in [6.45, 7) is 0.673. The average Bonchev–Trinajstić information content (AvgIpc) is 2.44. The van der Waals surface area contributed by atoms with E-state index in [1.165, 1.54) is 0 Å². The van der Waals surface area contributed by atoms with Crippen molar-refractivity contribution in [1.82, 2.24) is 5.32 Å². The first-order chi connectivity index (χ1) is 10.9. The molecule has 1 aliphatic rings. The number of rotatable bonds is 4. The molecule has 2 N–H and O–H groups in total. The fourth-order valence-corrected chi connectivity index (χ4v) is 2.88. The van der Waals surface area contributed by atoms with Crippen LogP contribution in [-0.2, 0) is 4.79 Å². The molecule has 0 bridgehead atoms. The molecule has 0 aromatic carbocycles. The van der Waals surface area contributed by atoms with E-state index in [4.69, 9.17) is 10.7 Å². The first kappa shape index (κ1) is 20.3. The van der Waals surface area contributed by atoms with Gasteiger partial charge in [0.25, 0.3) is 5.54 Å². The zero-order chi connectivity index (χ0) is 18.8. The Kier molecular flexibility index (Phi) is 5.90. The maximum absolute atomic E-state index is 13.4. The summed E-state index contributed by atoms with van der Waals surface area (Å²) in [7, 11) is 0. The molecular weight excluding hydrogens is 340 g/mol. The van der Waals surface area contributed by atoms with Crippen molar-refractivity contribution in [2.75, 3.05) is 0 Å². The zero-order valence-electron chi connectivity index (χ0n) is 12.8. The molecule has 24 heavy (non-hydrogen) atoms. The van der Waals surface area contributed by atoms with E-state index in [0.29, 0.717) is 19.8 Å². The van der Waals surface area contributed by atoms with Gasteiger partial charge in [-0.2, -0.15) is 31.6 Å². The lowest BCUT2D eigenvalue weighted by Crippen LogP contribution is -2.72. The highest BCUT2D eigenvalue weighted by Gasteiger charge is 2.76. The Labute approximate surface area is 134 Å². The summed E-state index contributed by atoms with van der Waals surface area (Å²) >= 11 is 0. The summed E-state index contributed by atoms with van der Waals surface area (Å²) in [4.78, 5) is 12.1. The summed E-state index contributed by atoms with van der Waals surface area (Å²) in [6.07, 6.45) is -9.76. The molecule has 1 atom stereocenters. The molecule has 0 heterocycles. The number of amides is 1. The van der Waals surface area contributed by atoms with Crippen LogP contribution in [0.25, 0.3) is 0 Å². The van der Waals surface area contributed by atoms with E-state index in [1.54, 1.807) is 0 Å². The molecular formula is C14H17F6N3O. The van der Waals surface area contributed by atoms with Gasteiger partial charge >= 0.3 is 12.4 Å². The number of nitriles is 1. The predicted molar refractivity (Wildman–Crippen MR) is 72.1 cm³/mol. The molecule has 0 saturated heterocycles. The van der Waals surface area contributed by atoms with Crippen molar-refractivity contribution in [3.05, 3.63) is 0 Å². The third kappa shape index (κ3) is 3.65. The molecule has 0 aromatic rings. The number of hydrogen-bond acceptors (Lipinski definition) is 3. The van der Waals surface area contributed by atoms with Crippen LogP contribution < -0.4 is 5.32 Å². The smallest absolute Gasteiger partial charge is 0.333 e. The van der Waals surface area contributed by atoms with Crippen LogP contribution in [0, 0.1) is 28.6 Å². The van der Waals surface area contributed by atoms with Gasteiger partial charge in [-0.05, 0) is 19.8 Å². The van der Waals surface area contributed by atoms with Gasteiger partial charge in [-0.25, -0.2) is 0 Å². The lowest BCUT2D eigenvalue weighted by Gasteiger charge is -2.41. The van der Waals surface area contributed by atoms with Gasteiger partial charge in [0, 0.05) is 11.6 Å². The number of nitrogens with one attached hydrogen (secondary N) is 2. The Morgan fingerprint density at radius 1 is 1.12 bits per heavy atom. The van der Waals surface area contributed by atoms with Crippen molar-refractivity contribution in [1.29, 1.82) is 10.7 Å². The lowest BCUT2D eigenvalue weighted by atomic mass is 9.79. The molecule has 1 aliphatic carbocycles. The molecule has 0 spiro atoms. The fraction of sp³-hybridized carbons (Fsp3) is 0.786. The minimum absolute atomic E-state index is 0.193. The van der Waals surface area contributed by atoms with Crippen molar-refractivity contribution in [2.24, 2.45) is 11.8 Å². The second-order valence-electron chi connectivity index (χ2n) is 5.87. The minimum atomic E-state index is -5.99. The lowest BCUT2D eigenvalue weighted by molar-refractivity contribution is -0.311. The molecule has 0 radical (unpaired) electrons. The largest absolute Gasteiger partial charge is 0.422 e. The van der Waals surface area contributed by atoms with E-state index in [0.717, 1.165) is 17.8 Å². The van der Waals surface area contributed by atoms with Gasteiger partial charge in [-0.1, -0.05) is 19.3 Å². The van der Waals surface area contributed by atoms with Gasteiger partial charge in [0.1, 0.15) is 5.92 Å². The average molecular weight is 357 g/mol. The molecule has 136 valence electrons. The Morgan fingerprint density at radius 2 is 1.58 bits per heavy atom. The molecule has 1 unspecified atom stereocenters. The number of alkyl halides is 6. The molecule has 10 heteroatoms. The molecule has 1 rings (SSSR count). The normalized spacial score (nSPS) is 18.6. The van der Waals surface area contributed by atoms with Crippen molar-refractivity contribution >= 4 is 11.6 Å². The first-order valence-electron chi connectivity index (χ1n) is 7.28. The highest BCUT2D eigenvalue weighted by atomic mass is 19.4. The third-order valence-corrected chi connectivity index (χ3v) is 4.19. The van der Waals surface area contributed by atoms with E-state index in [2.05, 4.69) is 0 Å². The van der Waals surface area contributed by atoms with Gasteiger partial charge < -0.3 is 10.7 Å². The SMILES string of the molecule is CC(=N)C(C#N)C(NC(=O)C1CCCCC1)(C(F)(F)F)C(F)(F)F. The molecule has 4 nitrogen and oxygen atoms in total. The van der Waals surface area contributed by atoms with Crippen molar-refractivity contribution in [2.45, 2.75) is 56.9 Å². The molecule has 0 aliphatic heterocycles. The van der Waals surface area contributed by atoms with Gasteiger partial charge in [0.2, 0.25) is 5.91 Å². The van der Waals surface area contributed by atoms with Crippen LogP contribution in [0.2, 0.25) is 0 Å². The van der Waals surface area contributed by atoms with Gasteiger partial charge in [0.15, 0.2) is 0 Å². The van der Waals surface area contributed by atoms with E-state index in [1.807, 2.05) is 0 Å². The summed E-state index contributed by atoms with van der Waals surface area (Å²) in [5.74, 6) is -5.25. The van der Waals surface area contributed by atoms with E-state index in [-0.39, 0.29) is 12.8 Å². The number of carbonyl (C=O) groups is 1. The van der Waals surface area contributed by atoms with Gasteiger partial charge in [-0.3, -0.25) is 4.79 Å². The molecule has 1 fully saturated rings.